The molecule has 0 atom stereocenters. The highest BCUT2D eigenvalue weighted by Crippen LogP contribution is 2.19. The third-order valence-corrected chi connectivity index (χ3v) is 4.84. The highest BCUT2D eigenvalue weighted by molar-refractivity contribution is 7.17. The summed E-state index contributed by atoms with van der Waals surface area (Å²) in [6.45, 7) is 5.35. The zero-order valence-corrected chi connectivity index (χ0v) is 15.0. The standard InChI is InChI=1S/C18H20N4O2S/c1-3-21(4-2)18-20-14-10-11-25-16(14)17(24)22(18)12-15(23)19-13-8-6-5-7-9-13/h5-11H,3-4,12H2,1-2H3,(H,19,23). The molecule has 0 aliphatic rings. The van der Waals surface area contributed by atoms with Gasteiger partial charge in [0.25, 0.3) is 5.56 Å². The van der Waals surface area contributed by atoms with E-state index in [2.05, 4.69) is 10.3 Å². The van der Waals surface area contributed by atoms with Crippen molar-refractivity contribution in [3.8, 4) is 0 Å². The van der Waals surface area contributed by atoms with Gasteiger partial charge in [0.15, 0.2) is 0 Å². The molecule has 130 valence electrons. The lowest BCUT2D eigenvalue weighted by atomic mass is 10.3. The van der Waals surface area contributed by atoms with Crippen molar-refractivity contribution < 1.29 is 4.79 Å². The number of hydrogen-bond donors (Lipinski definition) is 1. The van der Waals surface area contributed by atoms with E-state index in [0.717, 1.165) is 0 Å². The van der Waals surface area contributed by atoms with Crippen molar-refractivity contribution in [1.82, 2.24) is 9.55 Å². The molecule has 6 nitrogen and oxygen atoms in total. The molecule has 2 heterocycles. The number of anilines is 2. The number of para-hydroxylation sites is 1. The Morgan fingerprint density at radius 2 is 1.92 bits per heavy atom. The van der Waals surface area contributed by atoms with E-state index >= 15 is 0 Å². The molecule has 0 saturated carbocycles. The first-order valence-electron chi connectivity index (χ1n) is 8.22. The van der Waals surface area contributed by atoms with E-state index in [1.54, 1.807) is 0 Å². The molecule has 1 aromatic carbocycles. The Balaban J connectivity index is 1.98. The van der Waals surface area contributed by atoms with Gasteiger partial charge in [-0.1, -0.05) is 18.2 Å². The van der Waals surface area contributed by atoms with Gasteiger partial charge in [0.1, 0.15) is 11.2 Å². The number of amides is 1. The summed E-state index contributed by atoms with van der Waals surface area (Å²) in [6, 6.07) is 11.0. The summed E-state index contributed by atoms with van der Waals surface area (Å²) in [5.41, 5.74) is 1.21. The Morgan fingerprint density at radius 3 is 2.60 bits per heavy atom. The fraction of sp³-hybridized carbons (Fsp3) is 0.278. The lowest BCUT2D eigenvalue weighted by Gasteiger charge is -2.23. The summed E-state index contributed by atoms with van der Waals surface area (Å²) in [6.07, 6.45) is 0. The van der Waals surface area contributed by atoms with Crippen LogP contribution in [-0.4, -0.2) is 28.5 Å². The first kappa shape index (κ1) is 17.2. The van der Waals surface area contributed by atoms with Gasteiger partial charge in [-0.2, -0.15) is 0 Å². The minimum atomic E-state index is -0.251. The van der Waals surface area contributed by atoms with E-state index in [4.69, 9.17) is 0 Å². The molecular weight excluding hydrogens is 336 g/mol. The average molecular weight is 356 g/mol. The predicted octanol–water partition coefficient (Wildman–Crippen LogP) is 2.94. The summed E-state index contributed by atoms with van der Waals surface area (Å²) >= 11 is 1.35. The summed E-state index contributed by atoms with van der Waals surface area (Å²) in [7, 11) is 0. The molecule has 3 rings (SSSR count). The molecule has 2 aromatic heterocycles. The Labute approximate surface area is 149 Å². The molecule has 0 spiro atoms. The van der Waals surface area contributed by atoms with E-state index in [1.807, 2.05) is 60.5 Å². The van der Waals surface area contributed by atoms with Crippen LogP contribution in [-0.2, 0) is 11.3 Å². The Kier molecular flexibility index (Phi) is 5.14. The fourth-order valence-electron chi connectivity index (χ4n) is 2.69. The Bertz CT molecular complexity index is 929. The monoisotopic (exact) mass is 356 g/mol. The van der Waals surface area contributed by atoms with Gasteiger partial charge < -0.3 is 10.2 Å². The first-order chi connectivity index (χ1) is 12.1. The third-order valence-electron chi connectivity index (χ3n) is 3.95. The van der Waals surface area contributed by atoms with E-state index < -0.39 is 0 Å². The van der Waals surface area contributed by atoms with Crippen LogP contribution in [0.25, 0.3) is 10.2 Å². The second-order valence-corrected chi connectivity index (χ2v) is 6.44. The number of hydrogen-bond acceptors (Lipinski definition) is 5. The first-order valence-corrected chi connectivity index (χ1v) is 9.09. The topological polar surface area (TPSA) is 67.2 Å². The van der Waals surface area contributed by atoms with Crippen LogP contribution in [0.4, 0.5) is 11.6 Å². The molecule has 1 N–H and O–H groups in total. The van der Waals surface area contributed by atoms with E-state index in [9.17, 15) is 9.59 Å². The van der Waals surface area contributed by atoms with E-state index in [0.29, 0.717) is 34.9 Å². The van der Waals surface area contributed by atoms with E-state index in [1.165, 1.54) is 15.9 Å². The maximum Gasteiger partial charge on any atom is 0.273 e. The normalized spacial score (nSPS) is 10.8. The van der Waals surface area contributed by atoms with Crippen molar-refractivity contribution in [3.05, 3.63) is 52.1 Å². The molecule has 25 heavy (non-hydrogen) atoms. The number of carbonyl (C=O) groups excluding carboxylic acids is 1. The zero-order chi connectivity index (χ0) is 17.8. The Hall–Kier alpha value is -2.67. The van der Waals surface area contributed by atoms with Crippen LogP contribution in [0.15, 0.2) is 46.6 Å². The molecule has 7 heteroatoms. The highest BCUT2D eigenvalue weighted by Gasteiger charge is 2.18. The number of rotatable bonds is 6. The molecule has 0 unspecified atom stereocenters. The number of fused-ring (bicyclic) bond motifs is 1. The number of thiophene rings is 1. The molecule has 3 aromatic rings. The van der Waals surface area contributed by atoms with Gasteiger partial charge in [-0.3, -0.25) is 14.2 Å². The van der Waals surface area contributed by atoms with Crippen molar-refractivity contribution in [2.45, 2.75) is 20.4 Å². The van der Waals surface area contributed by atoms with Crippen molar-refractivity contribution in [3.63, 3.8) is 0 Å². The second kappa shape index (κ2) is 7.48. The second-order valence-electron chi connectivity index (χ2n) is 5.52. The lowest BCUT2D eigenvalue weighted by Crippen LogP contribution is -2.35. The minimum Gasteiger partial charge on any atom is -0.343 e. The molecule has 0 aliphatic carbocycles. The van der Waals surface area contributed by atoms with Crippen LogP contribution in [0.2, 0.25) is 0 Å². The van der Waals surface area contributed by atoms with Crippen molar-refractivity contribution in [2.75, 3.05) is 23.3 Å². The summed E-state index contributed by atoms with van der Waals surface area (Å²) in [4.78, 5) is 31.9. The van der Waals surface area contributed by atoms with Crippen LogP contribution >= 0.6 is 11.3 Å². The van der Waals surface area contributed by atoms with Crippen LogP contribution in [0.3, 0.4) is 0 Å². The smallest absolute Gasteiger partial charge is 0.273 e. The number of nitrogens with one attached hydrogen (secondary N) is 1. The maximum absolute atomic E-state index is 12.9. The van der Waals surface area contributed by atoms with Gasteiger partial charge >= 0.3 is 0 Å². The molecule has 0 bridgehead atoms. The van der Waals surface area contributed by atoms with Crippen molar-refractivity contribution in [1.29, 1.82) is 0 Å². The number of aromatic nitrogens is 2. The molecule has 1 amide bonds. The van der Waals surface area contributed by atoms with Gasteiger partial charge in [-0.15, -0.1) is 11.3 Å². The zero-order valence-electron chi connectivity index (χ0n) is 14.2. The van der Waals surface area contributed by atoms with Gasteiger partial charge in [0.2, 0.25) is 11.9 Å². The number of nitrogens with zero attached hydrogens (tertiary/aromatic N) is 3. The van der Waals surface area contributed by atoms with Crippen LogP contribution in [0.1, 0.15) is 13.8 Å². The average Bonchev–Trinajstić information content (AvgIpc) is 3.09. The largest absolute Gasteiger partial charge is 0.343 e. The molecule has 0 saturated heterocycles. The SMILES string of the molecule is CCN(CC)c1nc2ccsc2c(=O)n1CC(=O)Nc1ccccc1. The minimum absolute atomic E-state index is 0.0690. The fourth-order valence-corrected chi connectivity index (χ4v) is 3.47. The maximum atomic E-state index is 12.9. The van der Waals surface area contributed by atoms with Gasteiger partial charge in [0, 0.05) is 18.8 Å². The highest BCUT2D eigenvalue weighted by atomic mass is 32.1. The quantitative estimate of drug-likeness (QED) is 0.737. The van der Waals surface area contributed by atoms with Crippen LogP contribution in [0.5, 0.6) is 0 Å². The molecule has 0 fully saturated rings. The molecule has 0 radical (unpaired) electrons. The Morgan fingerprint density at radius 1 is 1.20 bits per heavy atom. The number of benzene rings is 1. The van der Waals surface area contributed by atoms with Crippen molar-refractivity contribution in [2.24, 2.45) is 0 Å². The molecular formula is C18H20N4O2S. The van der Waals surface area contributed by atoms with Gasteiger partial charge in [0.05, 0.1) is 5.52 Å². The third kappa shape index (κ3) is 3.56. The van der Waals surface area contributed by atoms with Crippen LogP contribution in [0, 0.1) is 0 Å². The van der Waals surface area contributed by atoms with E-state index in [-0.39, 0.29) is 18.0 Å². The molecule has 0 aliphatic heterocycles. The summed E-state index contributed by atoms with van der Waals surface area (Å²) in [5, 5.41) is 4.67. The summed E-state index contributed by atoms with van der Waals surface area (Å²) in [5.74, 6) is 0.281. The van der Waals surface area contributed by atoms with Gasteiger partial charge in [-0.05, 0) is 37.4 Å². The van der Waals surface area contributed by atoms with Crippen molar-refractivity contribution >= 4 is 39.1 Å². The predicted molar refractivity (Wildman–Crippen MR) is 103 cm³/mol. The lowest BCUT2D eigenvalue weighted by molar-refractivity contribution is -0.116. The van der Waals surface area contributed by atoms with Crippen LogP contribution < -0.4 is 15.8 Å². The van der Waals surface area contributed by atoms with Gasteiger partial charge in [-0.25, -0.2) is 4.98 Å². The summed E-state index contributed by atoms with van der Waals surface area (Å²) < 4.78 is 2.04. The number of carbonyl (C=O) groups is 1.